The quantitative estimate of drug-likeness (QED) is 0.562. The van der Waals surface area contributed by atoms with Gasteiger partial charge in [-0.25, -0.2) is 0 Å². The maximum absolute atomic E-state index is 11.3. The number of alkyl halides is 1. The lowest BCUT2D eigenvalue weighted by atomic mass is 9.90. The highest BCUT2D eigenvalue weighted by molar-refractivity contribution is 9.09. The van der Waals surface area contributed by atoms with E-state index in [4.69, 9.17) is 4.74 Å². The molecule has 0 N–H and O–H groups in total. The minimum Gasteiger partial charge on any atom is -0.466 e. The van der Waals surface area contributed by atoms with Crippen LogP contribution in [0, 0.1) is 11.8 Å². The third-order valence-corrected chi connectivity index (χ3v) is 3.83. The van der Waals surface area contributed by atoms with Gasteiger partial charge in [0.2, 0.25) is 0 Å². The van der Waals surface area contributed by atoms with Gasteiger partial charge >= 0.3 is 5.97 Å². The molecule has 1 atom stereocenters. The van der Waals surface area contributed by atoms with Crippen molar-refractivity contribution in [2.45, 2.75) is 39.0 Å². The normalized spacial score (nSPS) is 19.6. The molecule has 0 radical (unpaired) electrons. The van der Waals surface area contributed by atoms with Gasteiger partial charge in [0, 0.05) is 11.8 Å². The SMILES string of the molecule is CCOC(=O)C[C@@H](CBr)C1CCCC1. The van der Waals surface area contributed by atoms with E-state index in [1.807, 2.05) is 6.92 Å². The number of halogens is 1. The molecule has 1 rings (SSSR count). The summed E-state index contributed by atoms with van der Waals surface area (Å²) >= 11 is 3.50. The minimum atomic E-state index is -0.0381. The van der Waals surface area contributed by atoms with Gasteiger partial charge in [0.1, 0.15) is 0 Å². The summed E-state index contributed by atoms with van der Waals surface area (Å²) in [5, 5.41) is 0.927. The predicted molar refractivity (Wildman–Crippen MR) is 60.5 cm³/mol. The highest BCUT2D eigenvalue weighted by Gasteiger charge is 2.26. The molecule has 0 amide bonds. The van der Waals surface area contributed by atoms with E-state index in [0.717, 1.165) is 11.2 Å². The van der Waals surface area contributed by atoms with Crippen molar-refractivity contribution < 1.29 is 9.53 Å². The van der Waals surface area contributed by atoms with Crippen LogP contribution in [0.25, 0.3) is 0 Å². The Labute approximate surface area is 94.5 Å². The summed E-state index contributed by atoms with van der Waals surface area (Å²) in [5.41, 5.74) is 0. The maximum atomic E-state index is 11.3. The summed E-state index contributed by atoms with van der Waals surface area (Å²) in [5.74, 6) is 1.18. The molecule has 0 bridgehead atoms. The smallest absolute Gasteiger partial charge is 0.306 e. The van der Waals surface area contributed by atoms with E-state index in [1.165, 1.54) is 25.7 Å². The van der Waals surface area contributed by atoms with Crippen molar-refractivity contribution in [3.05, 3.63) is 0 Å². The van der Waals surface area contributed by atoms with Gasteiger partial charge in [-0.05, 0) is 18.8 Å². The Morgan fingerprint density at radius 1 is 1.50 bits per heavy atom. The van der Waals surface area contributed by atoms with Crippen LogP contribution in [0.1, 0.15) is 39.0 Å². The van der Waals surface area contributed by atoms with Crippen LogP contribution in [0.5, 0.6) is 0 Å². The fraction of sp³-hybridized carbons (Fsp3) is 0.909. The van der Waals surface area contributed by atoms with Crippen molar-refractivity contribution in [3.63, 3.8) is 0 Å². The Hall–Kier alpha value is -0.0500. The Kier molecular flexibility index (Phi) is 5.53. The highest BCUT2D eigenvalue weighted by Crippen LogP contribution is 2.34. The van der Waals surface area contributed by atoms with E-state index in [2.05, 4.69) is 15.9 Å². The molecule has 1 aliphatic rings. The molecule has 0 aromatic rings. The zero-order valence-corrected chi connectivity index (χ0v) is 10.4. The largest absolute Gasteiger partial charge is 0.466 e. The topological polar surface area (TPSA) is 26.3 Å². The lowest BCUT2D eigenvalue weighted by molar-refractivity contribution is -0.144. The summed E-state index contributed by atoms with van der Waals surface area (Å²) in [4.78, 5) is 11.3. The molecular weight excluding hydrogens is 244 g/mol. The number of hydrogen-bond acceptors (Lipinski definition) is 2. The molecule has 0 spiro atoms. The fourth-order valence-corrected chi connectivity index (χ4v) is 2.97. The molecule has 0 unspecified atom stereocenters. The molecular formula is C11H19BrO2. The van der Waals surface area contributed by atoms with Crippen LogP contribution >= 0.6 is 15.9 Å². The second-order valence-corrected chi connectivity index (χ2v) is 4.62. The number of hydrogen-bond donors (Lipinski definition) is 0. The van der Waals surface area contributed by atoms with Gasteiger partial charge in [-0.3, -0.25) is 4.79 Å². The molecule has 1 aliphatic carbocycles. The van der Waals surface area contributed by atoms with Crippen molar-refractivity contribution in [2.75, 3.05) is 11.9 Å². The van der Waals surface area contributed by atoms with Crippen molar-refractivity contribution in [2.24, 2.45) is 11.8 Å². The number of carbonyl (C=O) groups excluding carboxylic acids is 1. The van der Waals surface area contributed by atoms with Crippen molar-refractivity contribution in [3.8, 4) is 0 Å². The monoisotopic (exact) mass is 262 g/mol. The molecule has 14 heavy (non-hydrogen) atoms. The minimum absolute atomic E-state index is 0.0381. The third kappa shape index (κ3) is 3.60. The number of carbonyl (C=O) groups is 1. The first-order valence-corrected chi connectivity index (χ1v) is 6.61. The van der Waals surface area contributed by atoms with E-state index < -0.39 is 0 Å². The fourth-order valence-electron chi connectivity index (χ4n) is 2.21. The average molecular weight is 263 g/mol. The molecule has 3 heteroatoms. The van der Waals surface area contributed by atoms with Crippen molar-refractivity contribution >= 4 is 21.9 Å². The first-order valence-electron chi connectivity index (χ1n) is 5.49. The van der Waals surface area contributed by atoms with Gasteiger partial charge in [0.15, 0.2) is 0 Å². The molecule has 0 aliphatic heterocycles. The summed E-state index contributed by atoms with van der Waals surface area (Å²) in [6.07, 6.45) is 5.82. The van der Waals surface area contributed by atoms with Crippen LogP contribution in [0.15, 0.2) is 0 Å². The Morgan fingerprint density at radius 3 is 2.64 bits per heavy atom. The Balaban J connectivity index is 2.33. The Morgan fingerprint density at radius 2 is 2.14 bits per heavy atom. The standard InChI is InChI=1S/C11H19BrO2/c1-2-14-11(13)7-10(8-12)9-5-3-4-6-9/h9-10H,2-8H2,1H3/t10-/m0/s1. The molecule has 0 saturated heterocycles. The number of ether oxygens (including phenoxy) is 1. The first-order chi connectivity index (χ1) is 6.77. The molecule has 0 heterocycles. The van der Waals surface area contributed by atoms with E-state index >= 15 is 0 Å². The van der Waals surface area contributed by atoms with E-state index in [0.29, 0.717) is 18.9 Å². The third-order valence-electron chi connectivity index (χ3n) is 3.00. The van der Waals surface area contributed by atoms with Crippen molar-refractivity contribution in [1.82, 2.24) is 0 Å². The van der Waals surface area contributed by atoms with Crippen LogP contribution in [0.2, 0.25) is 0 Å². The molecule has 0 aromatic carbocycles. The van der Waals surface area contributed by atoms with Crippen LogP contribution in [0.3, 0.4) is 0 Å². The first kappa shape index (κ1) is 12.0. The number of esters is 1. The van der Waals surface area contributed by atoms with Gasteiger partial charge in [-0.1, -0.05) is 41.6 Å². The summed E-state index contributed by atoms with van der Waals surface area (Å²) < 4.78 is 4.97. The Bertz CT molecular complexity index is 176. The van der Waals surface area contributed by atoms with Gasteiger partial charge in [0.05, 0.1) is 6.61 Å². The van der Waals surface area contributed by atoms with Crippen molar-refractivity contribution in [1.29, 1.82) is 0 Å². The summed E-state index contributed by atoms with van der Waals surface area (Å²) in [6.45, 7) is 2.36. The van der Waals surface area contributed by atoms with Gasteiger partial charge in [-0.15, -0.1) is 0 Å². The zero-order valence-electron chi connectivity index (χ0n) is 8.80. The van der Waals surface area contributed by atoms with Gasteiger partial charge in [0.25, 0.3) is 0 Å². The molecule has 1 saturated carbocycles. The van der Waals surface area contributed by atoms with Crippen LogP contribution in [0.4, 0.5) is 0 Å². The van der Waals surface area contributed by atoms with Crippen LogP contribution in [-0.4, -0.2) is 17.9 Å². The van der Waals surface area contributed by atoms with Crippen LogP contribution < -0.4 is 0 Å². The van der Waals surface area contributed by atoms with Gasteiger partial charge < -0.3 is 4.74 Å². The van der Waals surface area contributed by atoms with Gasteiger partial charge in [-0.2, -0.15) is 0 Å². The second kappa shape index (κ2) is 6.44. The second-order valence-electron chi connectivity index (χ2n) is 3.97. The lowest BCUT2D eigenvalue weighted by Crippen LogP contribution is -2.19. The van der Waals surface area contributed by atoms with Crippen LogP contribution in [-0.2, 0) is 9.53 Å². The maximum Gasteiger partial charge on any atom is 0.306 e. The van der Waals surface area contributed by atoms with E-state index in [9.17, 15) is 4.79 Å². The average Bonchev–Trinajstić information content (AvgIpc) is 2.67. The molecule has 0 aromatic heterocycles. The van der Waals surface area contributed by atoms with E-state index in [1.54, 1.807) is 0 Å². The zero-order chi connectivity index (χ0) is 10.4. The number of rotatable bonds is 5. The predicted octanol–water partition coefficient (Wildman–Crippen LogP) is 3.14. The highest BCUT2D eigenvalue weighted by atomic mass is 79.9. The molecule has 82 valence electrons. The lowest BCUT2D eigenvalue weighted by Gasteiger charge is -2.19. The molecule has 1 fully saturated rings. The summed E-state index contributed by atoms with van der Waals surface area (Å²) in [6, 6.07) is 0. The molecule has 2 nitrogen and oxygen atoms in total. The summed E-state index contributed by atoms with van der Waals surface area (Å²) in [7, 11) is 0. The van der Waals surface area contributed by atoms with E-state index in [-0.39, 0.29) is 5.97 Å².